The number of carbonyl (C=O) groups is 1. The zero-order chi connectivity index (χ0) is 35.1. The molecule has 1 aliphatic heterocycles. The number of aromatic amines is 1. The van der Waals surface area contributed by atoms with Crippen LogP contribution in [0, 0.1) is 53.3 Å². The first-order chi connectivity index (χ1) is 23.3. The Bertz CT molecular complexity index is 1580. The average Bonchev–Trinajstić information content (AvgIpc) is 3.62. The van der Waals surface area contributed by atoms with Crippen LogP contribution in [-0.2, 0) is 14.2 Å². The normalized spacial score (nSPS) is 37.3. The van der Waals surface area contributed by atoms with Crippen LogP contribution in [-0.4, -0.2) is 40.6 Å². The molecule has 11 heteroatoms. The number of aromatic nitrogens is 2. The molecular weight excluding hydrogens is 622 g/mol. The van der Waals surface area contributed by atoms with Crippen molar-refractivity contribution in [2.75, 3.05) is 6.61 Å². The van der Waals surface area contributed by atoms with Gasteiger partial charge in [0.25, 0.3) is 5.56 Å². The average molecular weight is 680 g/mol. The molecule has 11 nitrogen and oxygen atoms in total. The Morgan fingerprint density at radius 3 is 2.69 bits per heavy atom. The topological polar surface area (TPSA) is 148 Å². The molecule has 49 heavy (non-hydrogen) atoms. The highest BCUT2D eigenvalue weighted by Crippen LogP contribution is 2.67. The number of nitrogens with zero attached hydrogens (tertiary/aromatic N) is 4. The van der Waals surface area contributed by atoms with Gasteiger partial charge in [-0.1, -0.05) is 70.6 Å². The number of azide groups is 1. The van der Waals surface area contributed by atoms with Gasteiger partial charge in [-0.2, -0.15) is 0 Å². The second-order valence-electron chi connectivity index (χ2n) is 16.9. The van der Waals surface area contributed by atoms with E-state index in [1.807, 2.05) is 0 Å². The number of fused-ring (bicyclic) bond motifs is 5. The highest BCUT2D eigenvalue weighted by molar-refractivity contribution is 5.60. The number of H-pyrrole nitrogens is 1. The van der Waals surface area contributed by atoms with Gasteiger partial charge >= 0.3 is 11.8 Å². The van der Waals surface area contributed by atoms with Crippen molar-refractivity contribution in [3.63, 3.8) is 0 Å². The third kappa shape index (κ3) is 6.99. The number of nitrogens with one attached hydrogen (secondary N) is 1. The third-order valence-corrected chi connectivity index (χ3v) is 13.7. The van der Waals surface area contributed by atoms with Crippen LogP contribution in [0.2, 0.25) is 0 Å². The van der Waals surface area contributed by atoms with E-state index in [9.17, 15) is 14.4 Å². The fraction of sp³-hybridized carbons (Fsp3) is 0.816. The number of hydrogen-bond donors (Lipinski definition) is 1. The van der Waals surface area contributed by atoms with E-state index in [1.165, 1.54) is 61.3 Å². The second-order valence-corrected chi connectivity index (χ2v) is 16.9. The van der Waals surface area contributed by atoms with Crippen molar-refractivity contribution in [2.45, 2.75) is 143 Å². The summed E-state index contributed by atoms with van der Waals surface area (Å²) in [7, 11) is 0. The first-order valence-electron chi connectivity index (χ1n) is 18.9. The van der Waals surface area contributed by atoms with Crippen molar-refractivity contribution in [3.8, 4) is 0 Å². The van der Waals surface area contributed by atoms with Crippen LogP contribution in [0.1, 0.15) is 123 Å². The number of hydrogen-bond acceptors (Lipinski definition) is 7. The quantitative estimate of drug-likeness (QED) is 0.0863. The highest BCUT2D eigenvalue weighted by atomic mass is 16.7. The van der Waals surface area contributed by atoms with E-state index in [0.29, 0.717) is 16.9 Å². The van der Waals surface area contributed by atoms with Gasteiger partial charge in [0.1, 0.15) is 25.0 Å². The standard InChI is InChI=1S/C38H57N5O6/c1-22(2)8-7-9-23(3)28-12-13-29-27-11-10-25-18-26(14-16-37(25,5)30(27)15-17-38(28,29)6)48-36(46)47-21-32-31(41-42-39)19-33(49-32)43-20-24(4)34(44)40-35(43)45/h10,20,22-23,26-33H,7-9,11-19,21H2,1-6H3,(H,40,44,45)/t23-,26+,27+,28-,29+,30+,31+,32-,33-,37+,38-/m1/s1. The predicted octanol–water partition coefficient (Wildman–Crippen LogP) is 8.37. The van der Waals surface area contributed by atoms with Crippen molar-refractivity contribution < 1.29 is 19.0 Å². The minimum atomic E-state index is -0.771. The van der Waals surface area contributed by atoms with Crippen molar-refractivity contribution in [3.05, 3.63) is 54.7 Å². The van der Waals surface area contributed by atoms with Gasteiger partial charge in [0, 0.05) is 29.5 Å². The molecule has 4 fully saturated rings. The molecule has 1 aromatic rings. The Labute approximate surface area is 290 Å². The molecule has 1 aromatic heterocycles. The number of rotatable bonds is 10. The number of aryl methyl sites for hydroxylation is 1. The molecule has 0 bridgehead atoms. The number of carbonyl (C=O) groups excluding carboxylic acids is 1. The van der Waals surface area contributed by atoms with Crippen molar-refractivity contribution in [2.24, 2.45) is 51.5 Å². The lowest BCUT2D eigenvalue weighted by Gasteiger charge is -2.58. The molecule has 11 atom stereocenters. The predicted molar refractivity (Wildman–Crippen MR) is 187 cm³/mol. The van der Waals surface area contributed by atoms with Gasteiger partial charge in [-0.25, -0.2) is 9.59 Å². The van der Waals surface area contributed by atoms with Crippen LogP contribution in [0.5, 0.6) is 0 Å². The summed E-state index contributed by atoms with van der Waals surface area (Å²) >= 11 is 0. The molecule has 4 aliphatic carbocycles. The number of allylic oxidation sites excluding steroid dienone is 1. The van der Waals surface area contributed by atoms with Crippen LogP contribution in [0.25, 0.3) is 10.4 Å². The maximum absolute atomic E-state index is 12.9. The van der Waals surface area contributed by atoms with Crippen molar-refractivity contribution in [1.29, 1.82) is 0 Å². The molecule has 5 aliphatic rings. The molecule has 0 aromatic carbocycles. The van der Waals surface area contributed by atoms with Crippen LogP contribution >= 0.6 is 0 Å². The minimum absolute atomic E-state index is 0.155. The molecule has 1 N–H and O–H groups in total. The first kappa shape index (κ1) is 35.8. The lowest BCUT2D eigenvalue weighted by Crippen LogP contribution is -2.51. The SMILES string of the molecule is Cc1cn([C@H]2C[C@H](N=[N+]=[N-])[C@@H](COC(=O)O[C@H]3CC[C@@]4(C)C(=CC[C@H]5[C@@H]6CC[C@H]([C@H](C)CCCC(C)C)[C@@]6(C)CC[C@@H]54)C3)O2)c(=O)[nH]c1=O. The summed E-state index contributed by atoms with van der Waals surface area (Å²) in [4.78, 5) is 42.3. The summed E-state index contributed by atoms with van der Waals surface area (Å²) in [5, 5.41) is 3.81. The van der Waals surface area contributed by atoms with E-state index < -0.39 is 35.8 Å². The first-order valence-corrected chi connectivity index (χ1v) is 18.9. The fourth-order valence-corrected chi connectivity index (χ4v) is 11.1. The van der Waals surface area contributed by atoms with Gasteiger partial charge in [0.2, 0.25) is 0 Å². The molecule has 0 unspecified atom stereocenters. The monoisotopic (exact) mass is 679 g/mol. The van der Waals surface area contributed by atoms with E-state index >= 15 is 0 Å². The molecule has 0 spiro atoms. The minimum Gasteiger partial charge on any atom is -0.432 e. The molecular formula is C38H57N5O6. The van der Waals surface area contributed by atoms with Gasteiger partial charge in [0.15, 0.2) is 0 Å². The van der Waals surface area contributed by atoms with Gasteiger partial charge in [-0.3, -0.25) is 14.3 Å². The van der Waals surface area contributed by atoms with E-state index in [-0.39, 0.29) is 24.5 Å². The second kappa shape index (κ2) is 14.3. The molecule has 0 radical (unpaired) electrons. The maximum Gasteiger partial charge on any atom is 0.508 e. The van der Waals surface area contributed by atoms with Crippen LogP contribution in [0.4, 0.5) is 4.79 Å². The van der Waals surface area contributed by atoms with E-state index in [4.69, 9.17) is 19.7 Å². The Balaban J connectivity index is 1.04. The Morgan fingerprint density at radius 1 is 1.14 bits per heavy atom. The summed E-state index contributed by atoms with van der Waals surface area (Å²) in [5.41, 5.74) is 10.4. The van der Waals surface area contributed by atoms with Crippen molar-refractivity contribution in [1.82, 2.24) is 9.55 Å². The van der Waals surface area contributed by atoms with E-state index in [2.05, 4.69) is 55.7 Å². The molecule has 0 amide bonds. The molecule has 270 valence electrons. The Morgan fingerprint density at radius 2 is 1.94 bits per heavy atom. The summed E-state index contributed by atoms with van der Waals surface area (Å²) < 4.78 is 18.6. The van der Waals surface area contributed by atoms with E-state index in [1.54, 1.807) is 6.92 Å². The van der Waals surface area contributed by atoms with Gasteiger partial charge < -0.3 is 14.2 Å². The van der Waals surface area contributed by atoms with Crippen LogP contribution in [0.3, 0.4) is 0 Å². The highest BCUT2D eigenvalue weighted by Gasteiger charge is 2.59. The zero-order valence-electron chi connectivity index (χ0n) is 30.4. The molecule has 6 rings (SSSR count). The summed E-state index contributed by atoms with van der Waals surface area (Å²) in [5.74, 6) is 4.68. The molecule has 1 saturated heterocycles. The summed E-state index contributed by atoms with van der Waals surface area (Å²) in [6.07, 6.45) is 14.8. The van der Waals surface area contributed by atoms with Gasteiger partial charge in [0.05, 0.1) is 6.04 Å². The maximum atomic E-state index is 12.9. The smallest absolute Gasteiger partial charge is 0.432 e. The van der Waals surface area contributed by atoms with Crippen LogP contribution in [0.15, 0.2) is 32.5 Å². The third-order valence-electron chi connectivity index (χ3n) is 13.7. The largest absolute Gasteiger partial charge is 0.508 e. The Hall–Kier alpha value is -3.04. The van der Waals surface area contributed by atoms with Crippen LogP contribution < -0.4 is 11.2 Å². The lowest BCUT2D eigenvalue weighted by atomic mass is 9.47. The number of ether oxygens (including phenoxy) is 3. The summed E-state index contributed by atoms with van der Waals surface area (Å²) in [6.45, 7) is 13.7. The lowest BCUT2D eigenvalue weighted by molar-refractivity contribution is -0.0677. The van der Waals surface area contributed by atoms with Crippen molar-refractivity contribution >= 4 is 6.16 Å². The fourth-order valence-electron chi connectivity index (χ4n) is 11.1. The van der Waals surface area contributed by atoms with E-state index in [0.717, 1.165) is 55.3 Å². The van der Waals surface area contributed by atoms with Gasteiger partial charge in [-0.05, 0) is 104 Å². The summed E-state index contributed by atoms with van der Waals surface area (Å²) in [6, 6.07) is -0.654. The molecule has 3 saturated carbocycles. The zero-order valence-corrected chi connectivity index (χ0v) is 30.4. The van der Waals surface area contributed by atoms with Gasteiger partial charge in [-0.15, -0.1) is 0 Å². The molecule has 2 heterocycles. The Kier molecular flexibility index (Phi) is 10.4.